The Morgan fingerprint density at radius 2 is 1.74 bits per heavy atom. The van der Waals surface area contributed by atoms with Crippen molar-refractivity contribution in [1.29, 1.82) is 0 Å². The number of carbonyl (C=O) groups excluding carboxylic acids is 1. The summed E-state index contributed by atoms with van der Waals surface area (Å²) in [6.07, 6.45) is 1.37. The molecule has 5 unspecified atom stereocenters. The summed E-state index contributed by atoms with van der Waals surface area (Å²) >= 11 is 0. The molecule has 7 N–H and O–H groups in total. The summed E-state index contributed by atoms with van der Waals surface area (Å²) in [5.41, 5.74) is -4.90. The van der Waals surface area contributed by atoms with Gasteiger partial charge in [0.25, 0.3) is 0 Å². The summed E-state index contributed by atoms with van der Waals surface area (Å²) in [4.78, 5) is 13.3. The molecule has 11 atom stereocenters. The number of ketones is 1. The van der Waals surface area contributed by atoms with Gasteiger partial charge in [-0.2, -0.15) is 0 Å². The maximum absolute atomic E-state index is 13.3. The van der Waals surface area contributed by atoms with Gasteiger partial charge in [0.15, 0.2) is 5.78 Å². The highest BCUT2D eigenvalue weighted by Crippen LogP contribution is 2.68. The number of aliphatic hydroxyl groups excluding tert-OH is 4. The minimum Gasteiger partial charge on any atom is -0.393 e. The Morgan fingerprint density at radius 1 is 1.09 bits per heavy atom. The Bertz CT molecular complexity index is 882. The first kappa shape index (κ1) is 27.2. The first-order valence-corrected chi connectivity index (χ1v) is 13.1. The van der Waals surface area contributed by atoms with Crippen LogP contribution in [0.1, 0.15) is 79.1 Å². The molecule has 0 aromatic carbocycles. The first-order valence-electron chi connectivity index (χ1n) is 13.1. The van der Waals surface area contributed by atoms with Crippen LogP contribution < -0.4 is 0 Å². The quantitative estimate of drug-likeness (QED) is 0.285. The number of allylic oxidation sites excluding steroid dienone is 1. The lowest BCUT2D eigenvalue weighted by Gasteiger charge is -2.60. The van der Waals surface area contributed by atoms with Crippen LogP contribution in [-0.2, 0) is 4.79 Å². The van der Waals surface area contributed by atoms with E-state index in [0.29, 0.717) is 37.7 Å². The Kier molecular flexibility index (Phi) is 6.66. The van der Waals surface area contributed by atoms with E-state index in [9.17, 15) is 40.5 Å². The monoisotopic (exact) mass is 496 g/mol. The molecule has 0 heterocycles. The van der Waals surface area contributed by atoms with Crippen LogP contribution in [0.15, 0.2) is 11.6 Å². The molecule has 0 spiro atoms. The Hall–Kier alpha value is -0.870. The summed E-state index contributed by atoms with van der Waals surface area (Å²) in [6, 6.07) is 0. The zero-order valence-electron chi connectivity index (χ0n) is 21.4. The molecule has 0 aliphatic heterocycles. The minimum atomic E-state index is -1.55. The topological polar surface area (TPSA) is 159 Å². The van der Waals surface area contributed by atoms with Gasteiger partial charge < -0.3 is 35.7 Å². The van der Waals surface area contributed by atoms with Crippen molar-refractivity contribution in [2.24, 2.45) is 28.6 Å². The van der Waals surface area contributed by atoms with Crippen LogP contribution in [0, 0.1) is 28.6 Å². The fraction of sp³-hybridized carbons (Fsp3) is 0.889. The van der Waals surface area contributed by atoms with Gasteiger partial charge in [-0.25, -0.2) is 0 Å². The second-order valence-corrected chi connectivity index (χ2v) is 13.0. The lowest BCUT2D eigenvalue weighted by molar-refractivity contribution is -0.177. The van der Waals surface area contributed by atoms with Gasteiger partial charge in [0.05, 0.1) is 41.7 Å². The number of rotatable bonds is 6. The minimum absolute atomic E-state index is 0.0926. The lowest BCUT2D eigenvalue weighted by Crippen LogP contribution is -2.62. The predicted molar refractivity (Wildman–Crippen MR) is 128 cm³/mol. The second kappa shape index (κ2) is 8.58. The molecule has 35 heavy (non-hydrogen) atoms. The average molecular weight is 497 g/mol. The maximum atomic E-state index is 13.3. The Morgan fingerprint density at radius 3 is 2.37 bits per heavy atom. The van der Waals surface area contributed by atoms with E-state index in [0.717, 1.165) is 0 Å². The van der Waals surface area contributed by atoms with Gasteiger partial charge in [0.1, 0.15) is 0 Å². The van der Waals surface area contributed by atoms with E-state index in [2.05, 4.69) is 0 Å². The van der Waals surface area contributed by atoms with Crippen molar-refractivity contribution in [3.63, 3.8) is 0 Å². The third-order valence-corrected chi connectivity index (χ3v) is 10.8. The summed E-state index contributed by atoms with van der Waals surface area (Å²) < 4.78 is 0. The molecule has 0 aromatic heterocycles. The maximum Gasteiger partial charge on any atom is 0.159 e. The Balaban J connectivity index is 1.64. The van der Waals surface area contributed by atoms with Crippen molar-refractivity contribution in [2.75, 3.05) is 6.61 Å². The standard InChI is InChI=1S/C27H44O8/c1-23(33,14-28)8-7-22(32)26(4,34)21-6-10-27(35)16-11-18(29)17-12-19(30)20(31)13-24(17,2)15(16)5-9-25(21,27)3/h11,15,17,19-22,28,30-35H,5-10,12-14H2,1-4H3/t15-,17?,19?,20?,21-,22?,23?,24+,25+,26+,27+/m0/s1. The van der Waals surface area contributed by atoms with Crippen LogP contribution in [0.2, 0.25) is 0 Å². The highest BCUT2D eigenvalue weighted by Gasteiger charge is 2.69. The SMILES string of the molecule is CC(O)(CO)CCC(O)[C@](C)(O)[C@H]1CC[C@@]2(O)C3=CC(=O)C4CC(O)C(O)C[C@]4(C)[C@H]3CC[C@]12C. The summed E-state index contributed by atoms with van der Waals surface area (Å²) in [5.74, 6) is -1.08. The number of hydrogen-bond acceptors (Lipinski definition) is 8. The average Bonchev–Trinajstić information content (AvgIpc) is 3.06. The van der Waals surface area contributed by atoms with E-state index in [1.165, 1.54) is 6.92 Å². The predicted octanol–water partition coefficient (Wildman–Crippen LogP) is 0.826. The molecule has 0 aromatic rings. The highest BCUT2D eigenvalue weighted by atomic mass is 16.3. The molecule has 0 bridgehead atoms. The van der Waals surface area contributed by atoms with E-state index in [-0.39, 0.29) is 31.0 Å². The van der Waals surface area contributed by atoms with Crippen LogP contribution in [0.3, 0.4) is 0 Å². The van der Waals surface area contributed by atoms with E-state index >= 15 is 0 Å². The van der Waals surface area contributed by atoms with Gasteiger partial charge in [-0.05, 0) is 94.1 Å². The summed E-state index contributed by atoms with van der Waals surface area (Å²) in [7, 11) is 0. The van der Waals surface area contributed by atoms with E-state index in [1.807, 2.05) is 13.8 Å². The largest absolute Gasteiger partial charge is 0.393 e. The van der Waals surface area contributed by atoms with Gasteiger partial charge in [-0.1, -0.05) is 13.8 Å². The highest BCUT2D eigenvalue weighted by molar-refractivity contribution is 5.95. The molecule has 3 fully saturated rings. The van der Waals surface area contributed by atoms with Gasteiger partial charge in [0, 0.05) is 11.3 Å². The number of fused-ring (bicyclic) bond motifs is 5. The smallest absolute Gasteiger partial charge is 0.159 e. The zero-order valence-corrected chi connectivity index (χ0v) is 21.4. The van der Waals surface area contributed by atoms with Gasteiger partial charge >= 0.3 is 0 Å². The number of aliphatic hydroxyl groups is 7. The van der Waals surface area contributed by atoms with Crippen molar-refractivity contribution in [1.82, 2.24) is 0 Å². The van der Waals surface area contributed by atoms with Crippen molar-refractivity contribution in [3.05, 3.63) is 11.6 Å². The third-order valence-electron chi connectivity index (χ3n) is 10.8. The summed E-state index contributed by atoms with van der Waals surface area (Å²) in [5, 5.41) is 74.9. The van der Waals surface area contributed by atoms with Crippen molar-refractivity contribution in [2.45, 2.75) is 114 Å². The van der Waals surface area contributed by atoms with Crippen LogP contribution in [0.5, 0.6) is 0 Å². The number of hydrogen-bond donors (Lipinski definition) is 7. The molecule has 4 aliphatic carbocycles. The summed E-state index contributed by atoms with van der Waals surface area (Å²) in [6.45, 7) is 6.54. The molecule has 0 radical (unpaired) electrons. The fourth-order valence-corrected chi connectivity index (χ4v) is 8.36. The normalized spacial score (nSPS) is 47.6. The first-order chi connectivity index (χ1) is 16.0. The second-order valence-electron chi connectivity index (χ2n) is 13.0. The van der Waals surface area contributed by atoms with Crippen molar-refractivity contribution in [3.8, 4) is 0 Å². The van der Waals surface area contributed by atoms with E-state index in [1.54, 1.807) is 13.0 Å². The number of carbonyl (C=O) groups is 1. The van der Waals surface area contributed by atoms with Crippen molar-refractivity contribution >= 4 is 5.78 Å². The molecule has 3 saturated carbocycles. The molecule has 0 amide bonds. The van der Waals surface area contributed by atoms with E-state index < -0.39 is 64.4 Å². The van der Waals surface area contributed by atoms with Crippen LogP contribution >= 0.6 is 0 Å². The zero-order chi connectivity index (χ0) is 26.2. The molecule has 0 saturated heterocycles. The molecule has 8 nitrogen and oxygen atoms in total. The van der Waals surface area contributed by atoms with Crippen LogP contribution in [0.25, 0.3) is 0 Å². The third kappa shape index (κ3) is 3.95. The van der Waals surface area contributed by atoms with Gasteiger partial charge in [-0.3, -0.25) is 4.79 Å². The molecule has 8 heteroatoms. The fourth-order valence-electron chi connectivity index (χ4n) is 8.36. The van der Waals surface area contributed by atoms with Crippen LogP contribution in [0.4, 0.5) is 0 Å². The molecular weight excluding hydrogens is 452 g/mol. The lowest BCUT2D eigenvalue weighted by atomic mass is 9.45. The molecule has 200 valence electrons. The van der Waals surface area contributed by atoms with Gasteiger partial charge in [-0.15, -0.1) is 0 Å². The van der Waals surface area contributed by atoms with Crippen molar-refractivity contribution < 1.29 is 40.5 Å². The Labute approximate surface area is 207 Å². The van der Waals surface area contributed by atoms with Crippen LogP contribution in [-0.4, -0.2) is 83.3 Å². The molecule has 4 aliphatic rings. The molecular formula is C27H44O8. The van der Waals surface area contributed by atoms with Gasteiger partial charge in [0.2, 0.25) is 0 Å². The molecule has 4 rings (SSSR count). The van der Waals surface area contributed by atoms with E-state index in [4.69, 9.17) is 0 Å².